The standard InChI is InChI=1S/C31H35F2N9O5/c1-45-28-23(41-12-10-40(11-13-41)21-16-46-17-21)3-5-26(38-28)39-30-36-8-6-22(37-30)19-2-4-24(20(14-19)15-34)47-25-7-9-42(18-31(25,32)33)29(44)27(35)43/h2-6,8,14,21,25,27,43H,7,9-13,16-18,35H2,1H3,(H,36,37,38,39)/t25?,27-/m1/s1. The second-order valence-electron chi connectivity index (χ2n) is 11.5. The number of aliphatic hydroxyl groups is 1. The van der Waals surface area contributed by atoms with Gasteiger partial charge in [0.25, 0.3) is 5.91 Å². The number of benzene rings is 1. The van der Waals surface area contributed by atoms with Crippen molar-refractivity contribution in [2.45, 2.75) is 30.7 Å². The summed E-state index contributed by atoms with van der Waals surface area (Å²) in [6, 6.07) is 12.5. The monoisotopic (exact) mass is 651 g/mol. The minimum absolute atomic E-state index is 0.0261. The number of amides is 1. The lowest BCUT2D eigenvalue weighted by Crippen LogP contribution is -2.58. The van der Waals surface area contributed by atoms with E-state index in [1.165, 1.54) is 12.1 Å². The Labute approximate surface area is 269 Å². The first-order valence-corrected chi connectivity index (χ1v) is 15.2. The Morgan fingerprint density at radius 2 is 1.96 bits per heavy atom. The Balaban J connectivity index is 1.12. The van der Waals surface area contributed by atoms with Crippen molar-refractivity contribution in [2.24, 2.45) is 5.73 Å². The van der Waals surface area contributed by atoms with E-state index in [1.54, 1.807) is 25.4 Å². The van der Waals surface area contributed by atoms with Crippen molar-refractivity contribution >= 4 is 23.4 Å². The zero-order valence-corrected chi connectivity index (χ0v) is 25.7. The van der Waals surface area contributed by atoms with E-state index in [4.69, 9.17) is 19.9 Å². The number of rotatable bonds is 9. The van der Waals surface area contributed by atoms with Gasteiger partial charge in [0.05, 0.1) is 44.2 Å². The molecule has 1 unspecified atom stereocenters. The Hall–Kier alpha value is -4.69. The van der Waals surface area contributed by atoms with Crippen LogP contribution in [0.4, 0.5) is 26.2 Å². The molecule has 4 N–H and O–H groups in total. The summed E-state index contributed by atoms with van der Waals surface area (Å²) in [7, 11) is 1.58. The van der Waals surface area contributed by atoms with E-state index in [9.17, 15) is 23.9 Å². The Kier molecular flexibility index (Phi) is 9.32. The molecule has 0 saturated carbocycles. The third kappa shape index (κ3) is 7.03. The summed E-state index contributed by atoms with van der Waals surface area (Å²) in [6.45, 7) is 4.13. The first-order valence-electron chi connectivity index (χ1n) is 15.2. The molecule has 3 saturated heterocycles. The molecule has 6 rings (SSSR count). The number of halogens is 2. The molecule has 0 aliphatic carbocycles. The van der Waals surface area contributed by atoms with Crippen LogP contribution in [-0.4, -0.2) is 120 Å². The molecule has 0 radical (unpaired) electrons. The van der Waals surface area contributed by atoms with Crippen LogP contribution in [0.2, 0.25) is 0 Å². The molecule has 2 aromatic heterocycles. The van der Waals surface area contributed by atoms with Crippen molar-refractivity contribution in [3.63, 3.8) is 0 Å². The Morgan fingerprint density at radius 3 is 2.62 bits per heavy atom. The fourth-order valence-electron chi connectivity index (χ4n) is 5.82. The number of carbonyl (C=O) groups excluding carboxylic acids is 1. The van der Waals surface area contributed by atoms with Crippen LogP contribution in [0.25, 0.3) is 11.3 Å². The Morgan fingerprint density at radius 1 is 1.17 bits per heavy atom. The first kappa shape index (κ1) is 32.3. The molecular weight excluding hydrogens is 616 g/mol. The van der Waals surface area contributed by atoms with Crippen LogP contribution in [-0.2, 0) is 9.53 Å². The molecule has 1 amide bonds. The average molecular weight is 652 g/mol. The first-order chi connectivity index (χ1) is 22.6. The van der Waals surface area contributed by atoms with Crippen molar-refractivity contribution in [3.05, 3.63) is 48.2 Å². The predicted molar refractivity (Wildman–Crippen MR) is 165 cm³/mol. The Bertz CT molecular complexity index is 1640. The largest absolute Gasteiger partial charge is 0.483 e. The number of piperidine rings is 1. The van der Waals surface area contributed by atoms with E-state index >= 15 is 0 Å². The van der Waals surface area contributed by atoms with E-state index in [-0.39, 0.29) is 30.2 Å². The summed E-state index contributed by atoms with van der Waals surface area (Å²) in [4.78, 5) is 30.9. The van der Waals surface area contributed by atoms with Gasteiger partial charge in [0, 0.05) is 50.9 Å². The number of pyridine rings is 1. The van der Waals surface area contributed by atoms with Gasteiger partial charge in [-0.1, -0.05) is 0 Å². The van der Waals surface area contributed by atoms with Crippen molar-refractivity contribution in [1.29, 1.82) is 5.26 Å². The smallest absolute Gasteiger partial charge is 0.301 e. The lowest BCUT2D eigenvalue weighted by molar-refractivity contribution is -0.165. The number of carbonyl (C=O) groups is 1. The second-order valence-corrected chi connectivity index (χ2v) is 11.5. The van der Waals surface area contributed by atoms with E-state index in [0.717, 1.165) is 50.0 Å². The zero-order chi connectivity index (χ0) is 33.1. The summed E-state index contributed by atoms with van der Waals surface area (Å²) in [6.07, 6.45) is -2.13. The number of nitriles is 1. The normalized spacial score (nSPS) is 20.6. The lowest BCUT2D eigenvalue weighted by Gasteiger charge is -2.43. The zero-order valence-electron chi connectivity index (χ0n) is 25.7. The molecule has 2 atom stereocenters. The topological polar surface area (TPSA) is 175 Å². The molecule has 16 heteroatoms. The molecule has 3 fully saturated rings. The van der Waals surface area contributed by atoms with E-state index < -0.39 is 30.7 Å². The molecule has 14 nitrogen and oxygen atoms in total. The number of hydrogen-bond donors (Lipinski definition) is 3. The fourth-order valence-corrected chi connectivity index (χ4v) is 5.82. The van der Waals surface area contributed by atoms with Crippen molar-refractivity contribution < 1.29 is 32.9 Å². The molecule has 248 valence electrons. The highest BCUT2D eigenvalue weighted by Gasteiger charge is 2.48. The van der Waals surface area contributed by atoms with Gasteiger partial charge in [-0.15, -0.1) is 0 Å². The third-order valence-electron chi connectivity index (χ3n) is 8.48. The number of aliphatic hydroxyl groups excluding tert-OH is 1. The van der Waals surface area contributed by atoms with Crippen LogP contribution < -0.4 is 25.4 Å². The number of likely N-dealkylation sites (tertiary alicyclic amines) is 1. The SMILES string of the molecule is COc1nc(Nc2nccc(-c3ccc(OC4CCN(C(=O)[C@H](N)O)CC4(F)F)c(C#N)c3)n2)ccc1N1CCN(C2COC2)CC1. The second kappa shape index (κ2) is 13.6. The van der Waals surface area contributed by atoms with Crippen molar-refractivity contribution in [2.75, 3.05) is 69.8 Å². The maximum Gasteiger partial charge on any atom is 0.301 e. The highest BCUT2D eigenvalue weighted by atomic mass is 19.3. The number of nitrogens with two attached hydrogens (primary N) is 1. The number of aromatic nitrogens is 3. The number of ether oxygens (including phenoxy) is 3. The number of nitrogens with zero attached hydrogens (tertiary/aromatic N) is 7. The van der Waals surface area contributed by atoms with Crippen LogP contribution in [0.3, 0.4) is 0 Å². The molecular formula is C31H35F2N9O5. The minimum Gasteiger partial charge on any atom is -0.483 e. The molecule has 0 spiro atoms. The molecule has 3 aliphatic heterocycles. The van der Waals surface area contributed by atoms with Crippen LogP contribution in [0.15, 0.2) is 42.6 Å². The van der Waals surface area contributed by atoms with Crippen LogP contribution in [0, 0.1) is 11.3 Å². The van der Waals surface area contributed by atoms with Gasteiger partial charge in [-0.2, -0.15) is 10.2 Å². The molecule has 5 heterocycles. The van der Waals surface area contributed by atoms with Gasteiger partial charge >= 0.3 is 5.92 Å². The summed E-state index contributed by atoms with van der Waals surface area (Å²) < 4.78 is 46.3. The minimum atomic E-state index is -3.43. The number of alkyl halides is 2. The summed E-state index contributed by atoms with van der Waals surface area (Å²) >= 11 is 0. The predicted octanol–water partition coefficient (Wildman–Crippen LogP) is 1.58. The van der Waals surface area contributed by atoms with E-state index in [1.807, 2.05) is 18.2 Å². The van der Waals surface area contributed by atoms with Crippen LogP contribution >= 0.6 is 0 Å². The molecule has 1 aromatic carbocycles. The number of piperazine rings is 1. The molecule has 3 aromatic rings. The number of nitrogens with one attached hydrogen (secondary N) is 1. The van der Waals surface area contributed by atoms with Crippen molar-refractivity contribution in [3.8, 4) is 29.0 Å². The fraction of sp³-hybridized carbons (Fsp3) is 0.452. The van der Waals surface area contributed by atoms with Gasteiger partial charge in [0.15, 0.2) is 12.3 Å². The average Bonchev–Trinajstić information content (AvgIpc) is 3.05. The van der Waals surface area contributed by atoms with Crippen LogP contribution in [0.5, 0.6) is 11.6 Å². The maximum absolute atomic E-state index is 14.9. The summed E-state index contributed by atoms with van der Waals surface area (Å²) in [5.74, 6) is -3.24. The molecule has 0 bridgehead atoms. The van der Waals surface area contributed by atoms with Gasteiger partial charge in [0.2, 0.25) is 11.8 Å². The van der Waals surface area contributed by atoms with Gasteiger partial charge in [0.1, 0.15) is 23.3 Å². The summed E-state index contributed by atoms with van der Waals surface area (Å²) in [5.41, 5.74) is 7.09. The van der Waals surface area contributed by atoms with Gasteiger partial charge in [-0.3, -0.25) is 15.4 Å². The van der Waals surface area contributed by atoms with Crippen molar-refractivity contribution in [1.82, 2.24) is 24.8 Å². The van der Waals surface area contributed by atoms with E-state index in [2.05, 4.69) is 30.1 Å². The number of hydrogen-bond acceptors (Lipinski definition) is 13. The highest BCUT2D eigenvalue weighted by Crippen LogP contribution is 2.34. The van der Waals surface area contributed by atoms with Gasteiger partial charge in [-0.25, -0.2) is 18.7 Å². The quantitative estimate of drug-likeness (QED) is 0.285. The molecule has 47 heavy (non-hydrogen) atoms. The van der Waals surface area contributed by atoms with E-state index in [0.29, 0.717) is 29.0 Å². The van der Waals surface area contributed by atoms with Crippen LogP contribution in [0.1, 0.15) is 12.0 Å². The molecule has 3 aliphatic rings. The highest BCUT2D eigenvalue weighted by molar-refractivity contribution is 5.80. The number of anilines is 3. The maximum atomic E-state index is 14.9. The summed E-state index contributed by atoms with van der Waals surface area (Å²) in [5, 5.41) is 22.2. The lowest BCUT2D eigenvalue weighted by atomic mass is 10.0. The van der Waals surface area contributed by atoms with Gasteiger partial charge in [-0.05, 0) is 36.4 Å². The number of methoxy groups -OCH3 is 1. The van der Waals surface area contributed by atoms with Gasteiger partial charge < -0.3 is 34.4 Å². The third-order valence-corrected chi connectivity index (χ3v) is 8.48.